The van der Waals surface area contributed by atoms with E-state index in [0.29, 0.717) is 22.6 Å². The number of alkyl halides is 3. The topological polar surface area (TPSA) is 103 Å². The van der Waals surface area contributed by atoms with E-state index in [1.807, 2.05) is 6.92 Å². The zero-order chi connectivity index (χ0) is 24.1. The number of benzene rings is 1. The van der Waals surface area contributed by atoms with Gasteiger partial charge in [0, 0.05) is 12.4 Å². The van der Waals surface area contributed by atoms with Crippen LogP contribution in [0.4, 0.5) is 18.9 Å². The van der Waals surface area contributed by atoms with Gasteiger partial charge in [-0.15, -0.1) is 11.3 Å². The lowest BCUT2D eigenvalue weighted by Crippen LogP contribution is -2.19. The van der Waals surface area contributed by atoms with Crippen LogP contribution < -0.4 is 11.1 Å². The molecule has 0 spiro atoms. The summed E-state index contributed by atoms with van der Waals surface area (Å²) in [6.45, 7) is 3.56. The number of halogens is 3. The molecule has 0 fully saturated rings. The Hall–Kier alpha value is -3.73. The first-order valence-corrected chi connectivity index (χ1v) is 10.5. The summed E-state index contributed by atoms with van der Waals surface area (Å²) in [6, 6.07) is 9.31. The predicted octanol–water partition coefficient (Wildman–Crippen LogP) is 4.68. The third-order valence-corrected chi connectivity index (χ3v) is 6.11. The number of nitrogens with one attached hydrogen (secondary N) is 1. The molecule has 0 bridgehead atoms. The molecule has 0 atom stereocenters. The second-order valence-corrected chi connectivity index (χ2v) is 8.52. The Morgan fingerprint density at radius 2 is 1.79 bits per heavy atom. The van der Waals surface area contributed by atoms with Gasteiger partial charge in [-0.1, -0.05) is 29.8 Å². The van der Waals surface area contributed by atoms with Crippen molar-refractivity contribution in [2.45, 2.75) is 20.0 Å². The van der Waals surface area contributed by atoms with E-state index in [4.69, 9.17) is 5.73 Å². The van der Waals surface area contributed by atoms with Crippen LogP contribution in [0.2, 0.25) is 0 Å². The number of hydrogen-bond acceptors (Lipinski definition) is 5. The molecular weight excluding hydrogens is 455 g/mol. The molecule has 0 aliphatic carbocycles. The second-order valence-electron chi connectivity index (χ2n) is 7.52. The lowest BCUT2D eigenvalue weighted by atomic mass is 10.00. The first-order valence-electron chi connectivity index (χ1n) is 9.69. The minimum Gasteiger partial charge on any atom is -0.365 e. The summed E-state index contributed by atoms with van der Waals surface area (Å²) in [5.74, 6) is -1.48. The maximum Gasteiger partial charge on any atom is 0.433 e. The van der Waals surface area contributed by atoms with Gasteiger partial charge in [-0.2, -0.15) is 18.3 Å². The number of pyridine rings is 1. The summed E-state index contributed by atoms with van der Waals surface area (Å²) in [7, 11) is 1.58. The highest BCUT2D eigenvalue weighted by molar-refractivity contribution is 7.21. The summed E-state index contributed by atoms with van der Waals surface area (Å²) < 4.78 is 42.1. The SMILES string of the molecule is Cc1ccc(-c2cc(C(F)(F)F)nc3sc(C(N)=O)c(NC(=O)c4cc(C)nn4C)c23)cc1. The highest BCUT2D eigenvalue weighted by Gasteiger charge is 2.35. The van der Waals surface area contributed by atoms with Crippen molar-refractivity contribution in [1.82, 2.24) is 14.8 Å². The number of primary amides is 1. The van der Waals surface area contributed by atoms with Crippen molar-refractivity contribution in [2.24, 2.45) is 12.8 Å². The summed E-state index contributed by atoms with van der Waals surface area (Å²) in [6.07, 6.45) is -4.71. The van der Waals surface area contributed by atoms with Gasteiger partial charge in [-0.05, 0) is 37.1 Å². The van der Waals surface area contributed by atoms with E-state index in [1.54, 1.807) is 44.3 Å². The minimum absolute atomic E-state index is 0.0168. The van der Waals surface area contributed by atoms with Crippen LogP contribution in [0, 0.1) is 13.8 Å². The Labute approximate surface area is 190 Å². The van der Waals surface area contributed by atoms with Crippen molar-refractivity contribution >= 4 is 39.1 Å². The lowest BCUT2D eigenvalue weighted by Gasteiger charge is -2.12. The average molecular weight is 473 g/mol. The van der Waals surface area contributed by atoms with Crippen LogP contribution >= 0.6 is 11.3 Å². The number of rotatable bonds is 4. The number of aromatic nitrogens is 3. The Balaban J connectivity index is 1.99. The van der Waals surface area contributed by atoms with Gasteiger partial charge < -0.3 is 11.1 Å². The van der Waals surface area contributed by atoms with E-state index >= 15 is 0 Å². The number of thiophene rings is 1. The molecule has 3 aromatic heterocycles. The molecule has 4 rings (SSSR count). The van der Waals surface area contributed by atoms with E-state index in [1.165, 1.54) is 4.68 Å². The van der Waals surface area contributed by atoms with Crippen molar-refractivity contribution in [3.63, 3.8) is 0 Å². The molecule has 7 nitrogen and oxygen atoms in total. The molecule has 2 amide bonds. The summed E-state index contributed by atoms with van der Waals surface area (Å²) in [4.78, 5) is 28.7. The fraction of sp³-hybridized carbons (Fsp3) is 0.182. The number of amides is 2. The Bertz CT molecular complexity index is 1400. The first kappa shape index (κ1) is 22.5. The monoisotopic (exact) mass is 473 g/mol. The van der Waals surface area contributed by atoms with E-state index in [2.05, 4.69) is 15.4 Å². The van der Waals surface area contributed by atoms with Crippen molar-refractivity contribution in [3.8, 4) is 11.1 Å². The van der Waals surface area contributed by atoms with Crippen molar-refractivity contribution < 1.29 is 22.8 Å². The van der Waals surface area contributed by atoms with E-state index < -0.39 is 23.7 Å². The zero-order valence-electron chi connectivity index (χ0n) is 17.7. The number of nitrogens with two attached hydrogens (primary N) is 1. The van der Waals surface area contributed by atoms with Crippen LogP contribution in [0.1, 0.15) is 37.1 Å². The van der Waals surface area contributed by atoms with Gasteiger partial charge in [0.2, 0.25) is 0 Å². The maximum absolute atomic E-state index is 13.6. The minimum atomic E-state index is -4.71. The highest BCUT2D eigenvalue weighted by Crippen LogP contribution is 2.43. The van der Waals surface area contributed by atoms with Crippen LogP contribution in [0.3, 0.4) is 0 Å². The highest BCUT2D eigenvalue weighted by atomic mass is 32.1. The molecule has 4 aromatic rings. The molecule has 0 saturated heterocycles. The quantitative estimate of drug-likeness (QED) is 0.449. The molecule has 11 heteroatoms. The van der Waals surface area contributed by atoms with E-state index in [0.717, 1.165) is 11.6 Å². The molecule has 0 radical (unpaired) electrons. The fourth-order valence-corrected chi connectivity index (χ4v) is 4.50. The number of hydrogen-bond donors (Lipinski definition) is 2. The van der Waals surface area contributed by atoms with Gasteiger partial charge in [0.15, 0.2) is 0 Å². The molecule has 0 aliphatic heterocycles. The average Bonchev–Trinajstić information content (AvgIpc) is 3.26. The van der Waals surface area contributed by atoms with Crippen LogP contribution in [-0.2, 0) is 13.2 Å². The maximum atomic E-state index is 13.6. The number of carbonyl (C=O) groups excluding carboxylic acids is 2. The molecule has 3 N–H and O–H groups in total. The van der Waals surface area contributed by atoms with Gasteiger partial charge in [-0.25, -0.2) is 4.98 Å². The van der Waals surface area contributed by atoms with E-state index in [-0.39, 0.29) is 32.0 Å². The largest absolute Gasteiger partial charge is 0.433 e. The third kappa shape index (κ3) is 4.19. The molecule has 0 aliphatic rings. The molecule has 1 aromatic carbocycles. The van der Waals surface area contributed by atoms with Gasteiger partial charge in [0.1, 0.15) is 21.1 Å². The molecule has 3 heterocycles. The summed E-state index contributed by atoms with van der Waals surface area (Å²) >= 11 is 0.698. The number of carbonyl (C=O) groups is 2. The number of anilines is 1. The van der Waals surface area contributed by atoms with Crippen molar-refractivity contribution in [2.75, 3.05) is 5.32 Å². The van der Waals surface area contributed by atoms with Crippen LogP contribution in [0.25, 0.3) is 21.3 Å². The molecule has 33 heavy (non-hydrogen) atoms. The molecule has 0 saturated carbocycles. The standard InChI is InChI=1S/C22H18F3N5O2S/c1-10-4-6-12(7-5-10)13-9-15(22(23,24)25)27-21-16(13)17(18(33-21)19(26)31)28-20(32)14-8-11(2)29-30(14)3/h4-9H,1-3H3,(H2,26,31)(H,28,32). The fourth-order valence-electron chi connectivity index (χ4n) is 3.50. The summed E-state index contributed by atoms with van der Waals surface area (Å²) in [5.41, 5.74) is 6.79. The van der Waals surface area contributed by atoms with Gasteiger partial charge in [0.05, 0.1) is 11.4 Å². The normalized spacial score (nSPS) is 11.7. The Morgan fingerprint density at radius 3 is 2.33 bits per heavy atom. The number of fused-ring (bicyclic) bond motifs is 1. The Morgan fingerprint density at radius 1 is 1.12 bits per heavy atom. The number of aryl methyl sites for hydroxylation is 3. The van der Waals surface area contributed by atoms with Gasteiger partial charge >= 0.3 is 6.18 Å². The third-order valence-electron chi connectivity index (χ3n) is 5.01. The molecular formula is C22H18F3N5O2S. The second kappa shape index (κ2) is 8.00. The number of nitrogens with zero attached hydrogens (tertiary/aromatic N) is 3. The first-order chi connectivity index (χ1) is 15.5. The Kier molecular flexibility index (Phi) is 5.44. The van der Waals surface area contributed by atoms with Crippen molar-refractivity contribution in [3.05, 3.63) is 63.9 Å². The van der Waals surface area contributed by atoms with Crippen LogP contribution in [-0.4, -0.2) is 26.6 Å². The van der Waals surface area contributed by atoms with E-state index in [9.17, 15) is 22.8 Å². The van der Waals surface area contributed by atoms with Gasteiger partial charge in [-0.3, -0.25) is 14.3 Å². The van der Waals surface area contributed by atoms with Crippen LogP contribution in [0.5, 0.6) is 0 Å². The zero-order valence-corrected chi connectivity index (χ0v) is 18.6. The molecule has 0 unspecified atom stereocenters. The predicted molar refractivity (Wildman–Crippen MR) is 119 cm³/mol. The van der Waals surface area contributed by atoms with Crippen molar-refractivity contribution in [1.29, 1.82) is 0 Å². The van der Waals surface area contributed by atoms with Crippen LogP contribution in [0.15, 0.2) is 36.4 Å². The van der Waals surface area contributed by atoms with Gasteiger partial charge in [0.25, 0.3) is 11.8 Å². The summed E-state index contributed by atoms with van der Waals surface area (Å²) in [5, 5.41) is 6.98. The lowest BCUT2D eigenvalue weighted by molar-refractivity contribution is -0.140. The smallest absolute Gasteiger partial charge is 0.365 e. The molecule has 170 valence electrons.